The Labute approximate surface area is 126 Å². The summed E-state index contributed by atoms with van der Waals surface area (Å²) in [5, 5.41) is 6.18. The molecule has 21 heavy (non-hydrogen) atoms. The molecule has 0 bridgehead atoms. The SMILES string of the molecule is CC(C)(C)OC(=O)Nc1ccc(NC2CCC(N)C2)cc1. The molecule has 1 aromatic rings. The molecule has 5 heteroatoms. The van der Waals surface area contributed by atoms with Crippen molar-refractivity contribution in [2.75, 3.05) is 10.6 Å². The summed E-state index contributed by atoms with van der Waals surface area (Å²) in [6.07, 6.45) is 2.76. The van der Waals surface area contributed by atoms with Crippen molar-refractivity contribution in [1.82, 2.24) is 0 Å². The number of nitrogens with one attached hydrogen (secondary N) is 2. The summed E-state index contributed by atoms with van der Waals surface area (Å²) in [5.74, 6) is 0. The molecule has 116 valence electrons. The molecule has 2 atom stereocenters. The summed E-state index contributed by atoms with van der Waals surface area (Å²) in [6.45, 7) is 5.52. The van der Waals surface area contributed by atoms with Crippen LogP contribution in [0.5, 0.6) is 0 Å². The van der Waals surface area contributed by atoms with E-state index in [0.29, 0.717) is 12.1 Å². The lowest BCUT2D eigenvalue weighted by Gasteiger charge is -2.20. The van der Waals surface area contributed by atoms with Crippen molar-refractivity contribution in [2.45, 2.75) is 57.7 Å². The molecule has 1 fully saturated rings. The summed E-state index contributed by atoms with van der Waals surface area (Å²) in [6, 6.07) is 8.40. The number of rotatable bonds is 3. The fraction of sp³-hybridized carbons (Fsp3) is 0.562. The van der Waals surface area contributed by atoms with Crippen LogP contribution < -0.4 is 16.4 Å². The lowest BCUT2D eigenvalue weighted by Crippen LogP contribution is -2.27. The van der Waals surface area contributed by atoms with Gasteiger partial charge in [-0.25, -0.2) is 4.79 Å². The summed E-state index contributed by atoms with van der Waals surface area (Å²) in [4.78, 5) is 11.7. The van der Waals surface area contributed by atoms with Gasteiger partial charge >= 0.3 is 6.09 Å². The van der Waals surface area contributed by atoms with Gasteiger partial charge in [-0.1, -0.05) is 0 Å². The number of amides is 1. The van der Waals surface area contributed by atoms with E-state index in [-0.39, 0.29) is 0 Å². The highest BCUT2D eigenvalue weighted by atomic mass is 16.6. The first-order valence-corrected chi connectivity index (χ1v) is 7.44. The third-order valence-electron chi connectivity index (χ3n) is 3.37. The number of benzene rings is 1. The van der Waals surface area contributed by atoms with Crippen LogP contribution in [0.4, 0.5) is 16.2 Å². The van der Waals surface area contributed by atoms with E-state index < -0.39 is 11.7 Å². The molecule has 2 rings (SSSR count). The van der Waals surface area contributed by atoms with Crippen LogP contribution in [-0.2, 0) is 4.74 Å². The van der Waals surface area contributed by atoms with Crippen molar-refractivity contribution in [1.29, 1.82) is 0 Å². The topological polar surface area (TPSA) is 76.4 Å². The fourth-order valence-corrected chi connectivity index (χ4v) is 2.45. The Balaban J connectivity index is 1.85. The summed E-state index contributed by atoms with van der Waals surface area (Å²) in [7, 11) is 0. The maximum atomic E-state index is 11.7. The van der Waals surface area contributed by atoms with Gasteiger partial charge in [0, 0.05) is 23.5 Å². The smallest absolute Gasteiger partial charge is 0.412 e. The Morgan fingerprint density at radius 1 is 1.19 bits per heavy atom. The molecule has 0 aromatic heterocycles. The molecule has 0 saturated heterocycles. The summed E-state index contributed by atoms with van der Waals surface area (Å²) >= 11 is 0. The Bertz CT molecular complexity index is 479. The second kappa shape index (κ2) is 6.35. The number of ether oxygens (including phenoxy) is 1. The van der Waals surface area contributed by atoms with E-state index in [9.17, 15) is 4.79 Å². The molecule has 0 radical (unpaired) electrons. The number of hydrogen-bond donors (Lipinski definition) is 3. The van der Waals surface area contributed by atoms with Gasteiger partial charge in [0.25, 0.3) is 0 Å². The van der Waals surface area contributed by atoms with Gasteiger partial charge < -0.3 is 15.8 Å². The minimum Gasteiger partial charge on any atom is -0.444 e. The third-order valence-corrected chi connectivity index (χ3v) is 3.37. The molecular formula is C16H25N3O2. The molecule has 2 unspecified atom stereocenters. The zero-order chi connectivity index (χ0) is 15.5. The van der Waals surface area contributed by atoms with E-state index in [1.54, 1.807) is 0 Å². The second-order valence-electron chi connectivity index (χ2n) is 6.62. The first-order chi connectivity index (χ1) is 9.82. The zero-order valence-electron chi connectivity index (χ0n) is 13.0. The molecule has 1 amide bonds. The molecule has 1 aromatic carbocycles. The second-order valence-corrected chi connectivity index (χ2v) is 6.62. The van der Waals surface area contributed by atoms with E-state index >= 15 is 0 Å². The minimum absolute atomic E-state index is 0.315. The number of hydrogen-bond acceptors (Lipinski definition) is 4. The van der Waals surface area contributed by atoms with Crippen LogP contribution in [0.3, 0.4) is 0 Å². The van der Waals surface area contributed by atoms with Crippen LogP contribution in [0.15, 0.2) is 24.3 Å². The standard InChI is InChI=1S/C16H25N3O2/c1-16(2,3)21-15(20)19-13-8-6-12(7-9-13)18-14-5-4-11(17)10-14/h6-9,11,14,18H,4-5,10,17H2,1-3H3,(H,19,20). The normalized spacial score (nSPS) is 21.9. The van der Waals surface area contributed by atoms with Crippen molar-refractivity contribution in [3.05, 3.63) is 24.3 Å². The van der Waals surface area contributed by atoms with Crippen molar-refractivity contribution >= 4 is 17.5 Å². The van der Waals surface area contributed by atoms with Crippen LogP contribution in [0.1, 0.15) is 40.0 Å². The number of carbonyl (C=O) groups is 1. The monoisotopic (exact) mass is 291 g/mol. The molecular weight excluding hydrogens is 266 g/mol. The summed E-state index contributed by atoms with van der Waals surface area (Å²) < 4.78 is 5.21. The largest absolute Gasteiger partial charge is 0.444 e. The number of nitrogens with two attached hydrogens (primary N) is 1. The highest BCUT2D eigenvalue weighted by molar-refractivity contribution is 5.85. The van der Waals surface area contributed by atoms with Crippen LogP contribution in [-0.4, -0.2) is 23.8 Å². The van der Waals surface area contributed by atoms with Gasteiger partial charge in [-0.05, 0) is 64.3 Å². The third kappa shape index (κ3) is 5.27. The first-order valence-electron chi connectivity index (χ1n) is 7.44. The molecule has 1 aliphatic carbocycles. The van der Waals surface area contributed by atoms with E-state index in [1.165, 1.54) is 0 Å². The van der Waals surface area contributed by atoms with Crippen molar-refractivity contribution in [3.63, 3.8) is 0 Å². The lowest BCUT2D eigenvalue weighted by molar-refractivity contribution is 0.0636. The maximum Gasteiger partial charge on any atom is 0.412 e. The van der Waals surface area contributed by atoms with Gasteiger partial charge in [0.2, 0.25) is 0 Å². The van der Waals surface area contributed by atoms with E-state index in [1.807, 2.05) is 45.0 Å². The van der Waals surface area contributed by atoms with Crippen molar-refractivity contribution in [3.8, 4) is 0 Å². The minimum atomic E-state index is -0.493. The van der Waals surface area contributed by atoms with Crippen LogP contribution in [0.2, 0.25) is 0 Å². The predicted octanol–water partition coefficient (Wildman–Crippen LogP) is 3.33. The van der Waals surface area contributed by atoms with Gasteiger partial charge in [-0.2, -0.15) is 0 Å². The van der Waals surface area contributed by atoms with Gasteiger partial charge in [0.1, 0.15) is 5.60 Å². The zero-order valence-corrected chi connectivity index (χ0v) is 13.0. The Morgan fingerprint density at radius 3 is 2.33 bits per heavy atom. The molecule has 0 aliphatic heterocycles. The van der Waals surface area contributed by atoms with E-state index in [0.717, 1.165) is 30.6 Å². The van der Waals surface area contributed by atoms with Crippen LogP contribution in [0, 0.1) is 0 Å². The summed E-state index contributed by atoms with van der Waals surface area (Å²) in [5.41, 5.74) is 7.18. The van der Waals surface area contributed by atoms with Crippen LogP contribution >= 0.6 is 0 Å². The molecule has 1 aliphatic rings. The Hall–Kier alpha value is -1.75. The average Bonchev–Trinajstić information content (AvgIpc) is 2.75. The molecule has 5 nitrogen and oxygen atoms in total. The van der Waals surface area contributed by atoms with Gasteiger partial charge in [-0.3, -0.25) is 5.32 Å². The molecule has 1 saturated carbocycles. The van der Waals surface area contributed by atoms with E-state index in [2.05, 4.69) is 10.6 Å². The highest BCUT2D eigenvalue weighted by Gasteiger charge is 2.21. The van der Waals surface area contributed by atoms with E-state index in [4.69, 9.17) is 10.5 Å². The fourth-order valence-electron chi connectivity index (χ4n) is 2.45. The molecule has 4 N–H and O–H groups in total. The lowest BCUT2D eigenvalue weighted by atomic mass is 10.2. The van der Waals surface area contributed by atoms with Gasteiger partial charge in [-0.15, -0.1) is 0 Å². The molecule has 0 spiro atoms. The Morgan fingerprint density at radius 2 is 1.81 bits per heavy atom. The number of anilines is 2. The van der Waals surface area contributed by atoms with Crippen molar-refractivity contribution in [2.24, 2.45) is 5.73 Å². The molecule has 0 heterocycles. The van der Waals surface area contributed by atoms with Crippen LogP contribution in [0.25, 0.3) is 0 Å². The predicted molar refractivity (Wildman–Crippen MR) is 85.5 cm³/mol. The average molecular weight is 291 g/mol. The number of carbonyl (C=O) groups excluding carboxylic acids is 1. The highest BCUT2D eigenvalue weighted by Crippen LogP contribution is 2.23. The first kappa shape index (κ1) is 15.6. The Kier molecular flexibility index (Phi) is 4.73. The maximum absolute atomic E-state index is 11.7. The quantitative estimate of drug-likeness (QED) is 0.798. The van der Waals surface area contributed by atoms with Gasteiger partial charge in [0.05, 0.1) is 0 Å². The van der Waals surface area contributed by atoms with Gasteiger partial charge in [0.15, 0.2) is 0 Å². The van der Waals surface area contributed by atoms with Crippen molar-refractivity contribution < 1.29 is 9.53 Å².